The quantitative estimate of drug-likeness (QED) is 0.169. The molecule has 0 aromatic heterocycles. The summed E-state index contributed by atoms with van der Waals surface area (Å²) in [4.78, 5) is 0. The van der Waals surface area contributed by atoms with E-state index in [-0.39, 0.29) is 10.8 Å². The van der Waals surface area contributed by atoms with Crippen molar-refractivity contribution in [2.75, 3.05) is 0 Å². The summed E-state index contributed by atoms with van der Waals surface area (Å²) >= 11 is 0. The zero-order chi connectivity index (χ0) is 34.2. The summed E-state index contributed by atoms with van der Waals surface area (Å²) in [6.45, 7) is 9.48. The summed E-state index contributed by atoms with van der Waals surface area (Å²) in [7, 11) is 0. The molecule has 1 aliphatic heterocycles. The third-order valence-corrected chi connectivity index (χ3v) is 12.3. The van der Waals surface area contributed by atoms with Gasteiger partial charge in [0.25, 0.3) is 0 Å². The van der Waals surface area contributed by atoms with Crippen LogP contribution in [0, 0.1) is 0 Å². The molecule has 0 spiro atoms. The van der Waals surface area contributed by atoms with Gasteiger partial charge in [-0.25, -0.2) is 0 Å². The Kier molecular flexibility index (Phi) is 5.58. The van der Waals surface area contributed by atoms with Gasteiger partial charge in [-0.2, -0.15) is 0 Å². The molecule has 2 aliphatic carbocycles. The molecule has 11 rings (SSSR count). The highest BCUT2D eigenvalue weighted by Gasteiger charge is 2.38. The second-order valence-corrected chi connectivity index (χ2v) is 15.7. The van der Waals surface area contributed by atoms with E-state index in [1.54, 1.807) is 0 Å². The summed E-state index contributed by atoms with van der Waals surface area (Å²) in [6.07, 6.45) is 0. The van der Waals surface area contributed by atoms with E-state index in [0.717, 1.165) is 22.6 Å². The highest BCUT2D eigenvalue weighted by molar-refractivity contribution is 6.16. The summed E-state index contributed by atoms with van der Waals surface area (Å²) in [5.74, 6) is 1.87. The van der Waals surface area contributed by atoms with Crippen molar-refractivity contribution < 1.29 is 4.74 Å². The van der Waals surface area contributed by atoms with Crippen LogP contribution in [0.1, 0.15) is 49.9 Å². The minimum absolute atomic E-state index is 0.0205. The van der Waals surface area contributed by atoms with E-state index >= 15 is 0 Å². The van der Waals surface area contributed by atoms with Crippen LogP contribution in [0.2, 0.25) is 0 Å². The van der Waals surface area contributed by atoms with E-state index in [2.05, 4.69) is 173 Å². The number of fused-ring (bicyclic) bond motifs is 10. The van der Waals surface area contributed by atoms with Gasteiger partial charge in [-0.15, -0.1) is 0 Å². The van der Waals surface area contributed by atoms with E-state index in [9.17, 15) is 0 Å². The van der Waals surface area contributed by atoms with Crippen LogP contribution in [0.25, 0.3) is 77.2 Å². The smallest absolute Gasteiger partial charge is 0.143 e. The molecule has 3 aliphatic rings. The first-order valence-corrected chi connectivity index (χ1v) is 18.1. The lowest BCUT2D eigenvalue weighted by molar-refractivity contribution is 0.489. The Hall–Kier alpha value is -5.92. The molecule has 0 N–H and O–H groups in total. The van der Waals surface area contributed by atoms with Crippen LogP contribution >= 0.6 is 0 Å². The van der Waals surface area contributed by atoms with Crippen molar-refractivity contribution in [3.8, 4) is 67.1 Å². The number of rotatable bonds is 2. The molecule has 242 valence electrons. The van der Waals surface area contributed by atoms with Crippen LogP contribution in [-0.4, -0.2) is 0 Å². The van der Waals surface area contributed by atoms with Gasteiger partial charge in [0, 0.05) is 27.3 Å². The van der Waals surface area contributed by atoms with Crippen LogP contribution in [-0.2, 0) is 10.8 Å². The van der Waals surface area contributed by atoms with Crippen molar-refractivity contribution in [2.24, 2.45) is 0 Å². The molecule has 0 bridgehead atoms. The average molecular weight is 653 g/mol. The molecule has 51 heavy (non-hydrogen) atoms. The highest BCUT2D eigenvalue weighted by atomic mass is 16.5. The number of para-hydroxylation sites is 1. The molecular weight excluding hydrogens is 617 g/mol. The Morgan fingerprint density at radius 1 is 0.373 bits per heavy atom. The van der Waals surface area contributed by atoms with Gasteiger partial charge >= 0.3 is 0 Å². The molecule has 8 aromatic rings. The van der Waals surface area contributed by atoms with Gasteiger partial charge in [0.15, 0.2) is 0 Å². The van der Waals surface area contributed by atoms with Crippen molar-refractivity contribution >= 4 is 21.5 Å². The average Bonchev–Trinajstić information content (AvgIpc) is 3.53. The molecular formula is C50H36O. The van der Waals surface area contributed by atoms with Crippen molar-refractivity contribution in [3.05, 3.63) is 168 Å². The van der Waals surface area contributed by atoms with Crippen LogP contribution in [0.15, 0.2) is 146 Å². The zero-order valence-corrected chi connectivity index (χ0v) is 29.3. The lowest BCUT2D eigenvalue weighted by atomic mass is 9.80. The molecule has 1 nitrogen and oxygen atoms in total. The topological polar surface area (TPSA) is 9.23 Å². The Bertz CT molecular complexity index is 2830. The number of hydrogen-bond acceptors (Lipinski definition) is 1. The molecule has 0 amide bonds. The Labute approximate surface area is 298 Å². The minimum atomic E-state index is -0.157. The predicted octanol–water partition coefficient (Wildman–Crippen LogP) is 13.7. The van der Waals surface area contributed by atoms with E-state index in [1.165, 1.54) is 88.3 Å². The van der Waals surface area contributed by atoms with Crippen molar-refractivity contribution in [3.63, 3.8) is 0 Å². The maximum Gasteiger partial charge on any atom is 0.143 e. The number of benzene rings is 8. The first-order valence-electron chi connectivity index (χ1n) is 18.1. The van der Waals surface area contributed by atoms with Crippen LogP contribution in [0.4, 0.5) is 0 Å². The third-order valence-electron chi connectivity index (χ3n) is 12.3. The molecule has 0 atom stereocenters. The largest absolute Gasteiger partial charge is 0.455 e. The fourth-order valence-corrected chi connectivity index (χ4v) is 9.59. The molecule has 0 unspecified atom stereocenters. The Morgan fingerprint density at radius 3 is 1.63 bits per heavy atom. The Balaban J connectivity index is 1.00. The summed E-state index contributed by atoms with van der Waals surface area (Å²) in [5.41, 5.74) is 18.0. The molecule has 1 heterocycles. The second kappa shape index (κ2) is 9.86. The van der Waals surface area contributed by atoms with Gasteiger partial charge in [-0.05, 0) is 107 Å². The highest BCUT2D eigenvalue weighted by Crippen LogP contribution is 2.55. The van der Waals surface area contributed by atoms with Crippen molar-refractivity contribution in [1.82, 2.24) is 0 Å². The van der Waals surface area contributed by atoms with Crippen LogP contribution in [0.3, 0.4) is 0 Å². The van der Waals surface area contributed by atoms with Crippen LogP contribution < -0.4 is 4.74 Å². The SMILES string of the molecule is CC1(C)c2ccccc2-c2ccc(-c3ccc4c(c3)C(C)(C)c3cc(-c5cccc6c5Oc5cc7ccccc7c7cccc-6c57)ccc3-4)cc21. The summed E-state index contributed by atoms with van der Waals surface area (Å²) in [5, 5.41) is 4.89. The lowest BCUT2D eigenvalue weighted by Gasteiger charge is -2.25. The normalized spacial score (nSPS) is 15.1. The first kappa shape index (κ1) is 28.9. The summed E-state index contributed by atoms with van der Waals surface area (Å²) < 4.78 is 6.91. The van der Waals surface area contributed by atoms with Gasteiger partial charge in [0.1, 0.15) is 11.5 Å². The zero-order valence-electron chi connectivity index (χ0n) is 29.3. The third kappa shape index (κ3) is 3.81. The standard InChI is InChI=1S/C50H36O/c1-49(2)42-18-8-7-13-35(42)36-22-19-29(25-43(36)49)30-20-23-37-38-24-21-32(27-45(38)50(3,4)44(37)26-30)34-14-9-17-41-40-16-10-15-39-33-12-6-5-11-31(33)28-46(47(39)40)51-48(34)41/h5-28H,1-4H3. The van der Waals surface area contributed by atoms with Gasteiger partial charge in [-0.3, -0.25) is 0 Å². The number of ether oxygens (including phenoxy) is 1. The molecule has 0 fully saturated rings. The summed E-state index contributed by atoms with van der Waals surface area (Å²) in [6, 6.07) is 54.2. The Morgan fingerprint density at radius 2 is 0.882 bits per heavy atom. The van der Waals surface area contributed by atoms with E-state index < -0.39 is 0 Å². The maximum absolute atomic E-state index is 6.91. The fourth-order valence-electron chi connectivity index (χ4n) is 9.59. The van der Waals surface area contributed by atoms with E-state index in [0.29, 0.717) is 0 Å². The van der Waals surface area contributed by atoms with E-state index in [4.69, 9.17) is 4.74 Å². The fraction of sp³-hybridized carbons (Fsp3) is 0.120. The molecule has 0 saturated carbocycles. The first-order chi connectivity index (χ1) is 24.8. The minimum Gasteiger partial charge on any atom is -0.455 e. The molecule has 1 heteroatoms. The molecule has 8 aromatic carbocycles. The van der Waals surface area contributed by atoms with Gasteiger partial charge < -0.3 is 4.74 Å². The molecule has 0 saturated heterocycles. The number of hydrogen-bond donors (Lipinski definition) is 0. The van der Waals surface area contributed by atoms with Crippen molar-refractivity contribution in [2.45, 2.75) is 38.5 Å². The van der Waals surface area contributed by atoms with E-state index in [1.807, 2.05) is 0 Å². The van der Waals surface area contributed by atoms with Crippen LogP contribution in [0.5, 0.6) is 11.5 Å². The van der Waals surface area contributed by atoms with Gasteiger partial charge in [0.05, 0.1) is 0 Å². The van der Waals surface area contributed by atoms with Gasteiger partial charge in [0.2, 0.25) is 0 Å². The lowest BCUT2D eigenvalue weighted by Crippen LogP contribution is -2.15. The van der Waals surface area contributed by atoms with Gasteiger partial charge in [-0.1, -0.05) is 149 Å². The van der Waals surface area contributed by atoms with Crippen molar-refractivity contribution in [1.29, 1.82) is 0 Å². The molecule has 0 radical (unpaired) electrons. The predicted molar refractivity (Wildman–Crippen MR) is 213 cm³/mol. The second-order valence-electron chi connectivity index (χ2n) is 15.7. The monoisotopic (exact) mass is 652 g/mol. The maximum atomic E-state index is 6.91.